The average Bonchev–Trinajstić information content (AvgIpc) is 3.21. The first kappa shape index (κ1) is 19.7. The largest absolute Gasteiger partial charge is 0.338 e. The van der Waals surface area contributed by atoms with E-state index in [0.29, 0.717) is 5.75 Å². The van der Waals surface area contributed by atoms with Crippen molar-refractivity contribution < 1.29 is 4.79 Å². The van der Waals surface area contributed by atoms with Gasteiger partial charge in [-0.1, -0.05) is 48.2 Å². The van der Waals surface area contributed by atoms with Crippen LogP contribution in [0.2, 0.25) is 0 Å². The van der Waals surface area contributed by atoms with E-state index in [4.69, 9.17) is 0 Å². The zero-order valence-corrected chi connectivity index (χ0v) is 17.9. The molecular formula is C23H26N4OS. The molecule has 6 heteroatoms. The monoisotopic (exact) mass is 406 g/mol. The van der Waals surface area contributed by atoms with E-state index in [1.54, 1.807) is 6.33 Å². The van der Waals surface area contributed by atoms with Crippen LogP contribution in [-0.2, 0) is 11.2 Å². The van der Waals surface area contributed by atoms with E-state index >= 15 is 0 Å². The molecule has 4 rings (SSSR count). The van der Waals surface area contributed by atoms with Crippen LogP contribution in [0.3, 0.4) is 0 Å². The molecule has 0 bridgehead atoms. The maximum Gasteiger partial charge on any atom is 0.233 e. The van der Waals surface area contributed by atoms with Crippen LogP contribution in [0, 0.1) is 13.8 Å². The van der Waals surface area contributed by atoms with Gasteiger partial charge >= 0.3 is 0 Å². The lowest BCUT2D eigenvalue weighted by Crippen LogP contribution is -2.34. The van der Waals surface area contributed by atoms with Gasteiger partial charge in [0, 0.05) is 7.05 Å². The van der Waals surface area contributed by atoms with Gasteiger partial charge in [0.25, 0.3) is 0 Å². The average molecular weight is 407 g/mol. The van der Waals surface area contributed by atoms with Crippen molar-refractivity contribution in [3.63, 3.8) is 0 Å². The van der Waals surface area contributed by atoms with Gasteiger partial charge in [-0.25, -0.2) is 0 Å². The maximum absolute atomic E-state index is 13.0. The van der Waals surface area contributed by atoms with E-state index in [1.165, 1.54) is 28.5 Å². The summed E-state index contributed by atoms with van der Waals surface area (Å²) >= 11 is 1.44. The van der Waals surface area contributed by atoms with Gasteiger partial charge in [0.1, 0.15) is 6.33 Å². The molecule has 0 N–H and O–H groups in total. The van der Waals surface area contributed by atoms with Crippen LogP contribution in [-0.4, -0.2) is 38.4 Å². The van der Waals surface area contributed by atoms with E-state index in [1.807, 2.05) is 16.5 Å². The second kappa shape index (κ2) is 8.41. The van der Waals surface area contributed by atoms with Crippen molar-refractivity contribution in [1.29, 1.82) is 0 Å². The van der Waals surface area contributed by atoms with Gasteiger partial charge < -0.3 is 4.90 Å². The summed E-state index contributed by atoms with van der Waals surface area (Å²) in [6.07, 6.45) is 4.95. The molecule has 1 atom stereocenters. The Morgan fingerprint density at radius 2 is 2.07 bits per heavy atom. The molecule has 2 aromatic carbocycles. The van der Waals surface area contributed by atoms with E-state index in [-0.39, 0.29) is 11.9 Å². The van der Waals surface area contributed by atoms with E-state index < -0.39 is 0 Å². The summed E-state index contributed by atoms with van der Waals surface area (Å²) in [4.78, 5) is 14.9. The SMILES string of the molecule is Cc1ccc(C)c(-n2cnnc2SCC(=O)N(C)[C@@H]2CCCc3ccccc32)c1. The molecule has 0 spiro atoms. The Hall–Kier alpha value is -2.60. The first-order valence-electron chi connectivity index (χ1n) is 9.98. The smallest absolute Gasteiger partial charge is 0.233 e. The molecular weight excluding hydrogens is 380 g/mol. The number of aryl methyl sites for hydroxylation is 3. The minimum Gasteiger partial charge on any atom is -0.338 e. The first-order chi connectivity index (χ1) is 14.0. The van der Waals surface area contributed by atoms with Crippen molar-refractivity contribution in [2.24, 2.45) is 0 Å². The third-order valence-corrected chi connectivity index (χ3v) is 6.59. The van der Waals surface area contributed by atoms with Gasteiger partial charge in [-0.3, -0.25) is 9.36 Å². The van der Waals surface area contributed by atoms with Gasteiger partial charge in [-0.05, 0) is 61.4 Å². The summed E-state index contributed by atoms with van der Waals surface area (Å²) in [5.74, 6) is 0.464. The van der Waals surface area contributed by atoms with Crippen molar-refractivity contribution in [2.75, 3.05) is 12.8 Å². The van der Waals surface area contributed by atoms with Crippen LogP contribution >= 0.6 is 11.8 Å². The molecule has 1 aromatic heterocycles. The number of hydrogen-bond donors (Lipinski definition) is 0. The quantitative estimate of drug-likeness (QED) is 0.585. The number of nitrogens with zero attached hydrogens (tertiary/aromatic N) is 4. The minimum atomic E-state index is 0.118. The van der Waals surface area contributed by atoms with Gasteiger partial charge in [-0.15, -0.1) is 10.2 Å². The Kier molecular flexibility index (Phi) is 5.72. The zero-order chi connectivity index (χ0) is 20.4. The number of carbonyl (C=O) groups excluding carboxylic acids is 1. The van der Waals surface area contributed by atoms with Crippen molar-refractivity contribution in [3.8, 4) is 5.69 Å². The van der Waals surface area contributed by atoms with Crippen LogP contribution in [0.4, 0.5) is 0 Å². The fourth-order valence-corrected chi connectivity index (χ4v) is 4.85. The highest BCUT2D eigenvalue weighted by Gasteiger charge is 2.26. The summed E-state index contributed by atoms with van der Waals surface area (Å²) < 4.78 is 1.97. The number of aromatic nitrogens is 3. The van der Waals surface area contributed by atoms with E-state index in [2.05, 4.69) is 66.5 Å². The van der Waals surface area contributed by atoms with Crippen LogP contribution in [0.5, 0.6) is 0 Å². The molecule has 1 aliphatic carbocycles. The second-order valence-electron chi connectivity index (χ2n) is 7.67. The highest BCUT2D eigenvalue weighted by atomic mass is 32.2. The minimum absolute atomic E-state index is 0.118. The summed E-state index contributed by atoms with van der Waals surface area (Å²) in [5, 5.41) is 9.07. The van der Waals surface area contributed by atoms with Crippen LogP contribution in [0.15, 0.2) is 53.9 Å². The standard InChI is InChI=1S/C23H26N4OS/c1-16-11-12-17(2)21(13-16)27-15-24-25-23(27)29-14-22(28)26(3)20-10-6-8-18-7-4-5-9-19(18)20/h4-5,7,9,11-13,15,20H,6,8,10,14H2,1-3H3/t20-/m1/s1. The lowest BCUT2D eigenvalue weighted by molar-refractivity contribution is -0.129. The van der Waals surface area contributed by atoms with E-state index in [0.717, 1.165) is 35.7 Å². The van der Waals surface area contributed by atoms with Crippen molar-refractivity contribution in [1.82, 2.24) is 19.7 Å². The Bertz CT molecular complexity index is 1030. The molecule has 0 aliphatic heterocycles. The number of hydrogen-bond acceptors (Lipinski definition) is 4. The summed E-state index contributed by atoms with van der Waals surface area (Å²) in [6, 6.07) is 15.0. The normalized spacial score (nSPS) is 15.8. The predicted molar refractivity (Wildman–Crippen MR) is 116 cm³/mol. The van der Waals surface area contributed by atoms with Gasteiger partial charge in [0.15, 0.2) is 5.16 Å². The molecule has 0 radical (unpaired) electrons. The van der Waals surface area contributed by atoms with Crippen LogP contribution in [0.25, 0.3) is 5.69 Å². The predicted octanol–water partition coefficient (Wildman–Crippen LogP) is 4.51. The topological polar surface area (TPSA) is 51.0 Å². The van der Waals surface area contributed by atoms with Gasteiger partial charge in [0.2, 0.25) is 5.91 Å². The molecule has 0 fully saturated rings. The fraction of sp³-hybridized carbons (Fsp3) is 0.348. The molecule has 0 saturated heterocycles. The molecule has 3 aromatic rings. The van der Waals surface area contributed by atoms with Crippen LogP contribution in [0.1, 0.15) is 41.1 Å². The highest BCUT2D eigenvalue weighted by molar-refractivity contribution is 7.99. The third kappa shape index (κ3) is 4.08. The maximum atomic E-state index is 13.0. The molecule has 5 nitrogen and oxygen atoms in total. The first-order valence-corrected chi connectivity index (χ1v) is 11.0. The number of benzene rings is 2. The van der Waals surface area contributed by atoms with Crippen molar-refractivity contribution in [3.05, 3.63) is 71.0 Å². The number of fused-ring (bicyclic) bond motifs is 1. The van der Waals surface area contributed by atoms with Gasteiger partial charge in [-0.2, -0.15) is 0 Å². The second-order valence-corrected chi connectivity index (χ2v) is 8.62. The molecule has 1 heterocycles. The van der Waals surface area contributed by atoms with E-state index in [9.17, 15) is 4.79 Å². The molecule has 29 heavy (non-hydrogen) atoms. The van der Waals surface area contributed by atoms with Crippen LogP contribution < -0.4 is 0 Å². The lowest BCUT2D eigenvalue weighted by Gasteiger charge is -2.33. The Balaban J connectivity index is 1.48. The molecule has 150 valence electrons. The van der Waals surface area contributed by atoms with Crippen molar-refractivity contribution >= 4 is 17.7 Å². The zero-order valence-electron chi connectivity index (χ0n) is 17.1. The van der Waals surface area contributed by atoms with Gasteiger partial charge in [0.05, 0.1) is 17.5 Å². The number of rotatable bonds is 5. The Labute approximate surface area is 176 Å². The number of carbonyl (C=O) groups is 1. The number of amides is 1. The summed E-state index contributed by atoms with van der Waals surface area (Å²) in [7, 11) is 1.92. The lowest BCUT2D eigenvalue weighted by atomic mass is 9.87. The Morgan fingerprint density at radius 3 is 2.93 bits per heavy atom. The molecule has 1 aliphatic rings. The fourth-order valence-electron chi connectivity index (χ4n) is 4.00. The van der Waals surface area contributed by atoms with Crippen molar-refractivity contribution in [2.45, 2.75) is 44.3 Å². The summed E-state index contributed by atoms with van der Waals surface area (Å²) in [5.41, 5.74) is 6.05. The highest BCUT2D eigenvalue weighted by Crippen LogP contribution is 2.34. The Morgan fingerprint density at radius 1 is 1.24 bits per heavy atom. The molecule has 1 amide bonds. The third-order valence-electron chi connectivity index (χ3n) is 5.66. The number of thioether (sulfide) groups is 1. The molecule has 0 saturated carbocycles. The summed E-state index contributed by atoms with van der Waals surface area (Å²) in [6.45, 7) is 4.14. The molecule has 0 unspecified atom stereocenters.